The summed E-state index contributed by atoms with van der Waals surface area (Å²) in [6.45, 7) is 0. The SMILES string of the molecule is COC(=O)c1c(O)c2ccc(Oc3cncnc3)cc2n(C)c1=O. The van der Waals surface area contributed by atoms with E-state index in [0.29, 0.717) is 22.4 Å². The van der Waals surface area contributed by atoms with E-state index in [1.165, 1.54) is 30.3 Å². The number of benzene rings is 1. The summed E-state index contributed by atoms with van der Waals surface area (Å²) < 4.78 is 11.4. The van der Waals surface area contributed by atoms with Crippen molar-refractivity contribution in [2.75, 3.05) is 7.11 Å². The number of pyridine rings is 1. The first-order valence-electron chi connectivity index (χ1n) is 6.90. The quantitative estimate of drug-likeness (QED) is 0.729. The third kappa shape index (κ3) is 2.54. The van der Waals surface area contributed by atoms with Crippen LogP contribution in [0.4, 0.5) is 0 Å². The molecule has 0 atom stereocenters. The number of carbonyl (C=O) groups is 1. The van der Waals surface area contributed by atoms with Crippen molar-refractivity contribution < 1.29 is 19.4 Å². The molecule has 3 rings (SSSR count). The zero-order valence-corrected chi connectivity index (χ0v) is 12.9. The van der Waals surface area contributed by atoms with Gasteiger partial charge in [0.25, 0.3) is 5.56 Å². The summed E-state index contributed by atoms with van der Waals surface area (Å²) in [7, 11) is 2.64. The molecule has 0 saturated carbocycles. The van der Waals surface area contributed by atoms with Gasteiger partial charge in [-0.25, -0.2) is 14.8 Å². The Labute approximate surface area is 135 Å². The van der Waals surface area contributed by atoms with Gasteiger partial charge in [-0.2, -0.15) is 0 Å². The van der Waals surface area contributed by atoms with E-state index in [2.05, 4.69) is 14.7 Å². The van der Waals surface area contributed by atoms with Gasteiger partial charge in [0.1, 0.15) is 17.8 Å². The van der Waals surface area contributed by atoms with Gasteiger partial charge in [-0.1, -0.05) is 0 Å². The summed E-state index contributed by atoms with van der Waals surface area (Å²) in [5.74, 6) is -0.457. The first-order chi connectivity index (χ1) is 11.5. The minimum atomic E-state index is -0.892. The Morgan fingerprint density at radius 2 is 1.92 bits per heavy atom. The van der Waals surface area contributed by atoms with E-state index in [0.717, 1.165) is 7.11 Å². The molecule has 0 radical (unpaired) electrons. The maximum absolute atomic E-state index is 12.3. The molecule has 0 fully saturated rings. The lowest BCUT2D eigenvalue weighted by molar-refractivity contribution is 0.0595. The number of aromatic nitrogens is 3. The topological polar surface area (TPSA) is 104 Å². The summed E-state index contributed by atoms with van der Waals surface area (Å²) in [5, 5.41) is 10.6. The van der Waals surface area contributed by atoms with Crippen LogP contribution in [-0.4, -0.2) is 32.7 Å². The van der Waals surface area contributed by atoms with E-state index in [9.17, 15) is 14.7 Å². The average Bonchev–Trinajstić information content (AvgIpc) is 2.60. The molecule has 0 spiro atoms. The number of carbonyl (C=O) groups excluding carboxylic acids is 1. The van der Waals surface area contributed by atoms with E-state index < -0.39 is 22.8 Å². The lowest BCUT2D eigenvalue weighted by atomic mass is 10.1. The second kappa shape index (κ2) is 5.99. The van der Waals surface area contributed by atoms with Crippen molar-refractivity contribution in [3.8, 4) is 17.2 Å². The number of hydrogen-bond donors (Lipinski definition) is 1. The largest absolute Gasteiger partial charge is 0.506 e. The molecule has 8 heteroatoms. The first kappa shape index (κ1) is 15.5. The van der Waals surface area contributed by atoms with E-state index >= 15 is 0 Å². The second-order valence-corrected chi connectivity index (χ2v) is 4.93. The van der Waals surface area contributed by atoms with Crippen molar-refractivity contribution >= 4 is 16.9 Å². The molecular formula is C16H13N3O5. The van der Waals surface area contributed by atoms with Crippen LogP contribution < -0.4 is 10.3 Å². The van der Waals surface area contributed by atoms with Gasteiger partial charge in [-0.3, -0.25) is 4.79 Å². The Bertz CT molecular complexity index is 982. The predicted octanol–water partition coefficient (Wildman–Crippen LogP) is 1.61. The molecule has 0 aliphatic carbocycles. The third-order valence-electron chi connectivity index (χ3n) is 3.50. The van der Waals surface area contributed by atoms with Crippen LogP contribution in [-0.2, 0) is 11.8 Å². The standard InChI is InChI=1S/C16H13N3O5/c1-19-12-5-9(24-10-6-17-8-18-7-10)3-4-11(12)14(20)13(15(19)21)16(22)23-2/h3-8,20H,1-2H3. The zero-order chi connectivity index (χ0) is 17.3. The van der Waals surface area contributed by atoms with Crippen molar-refractivity contribution in [3.05, 3.63) is 52.8 Å². The van der Waals surface area contributed by atoms with Crippen LogP contribution in [0.5, 0.6) is 17.2 Å². The Morgan fingerprint density at radius 1 is 1.21 bits per heavy atom. The van der Waals surface area contributed by atoms with Crippen LogP contribution in [0.1, 0.15) is 10.4 Å². The molecule has 0 bridgehead atoms. The van der Waals surface area contributed by atoms with Crippen molar-refractivity contribution in [1.82, 2.24) is 14.5 Å². The highest BCUT2D eigenvalue weighted by Crippen LogP contribution is 2.30. The van der Waals surface area contributed by atoms with Crippen LogP contribution in [0.3, 0.4) is 0 Å². The summed E-state index contributed by atoms with van der Waals surface area (Å²) in [6, 6.07) is 4.72. The Hall–Kier alpha value is -3.42. The van der Waals surface area contributed by atoms with Gasteiger partial charge in [0.15, 0.2) is 11.3 Å². The highest BCUT2D eigenvalue weighted by Gasteiger charge is 2.22. The number of rotatable bonds is 3. The molecule has 2 aromatic heterocycles. The van der Waals surface area contributed by atoms with Gasteiger partial charge in [0.2, 0.25) is 0 Å². The number of fused-ring (bicyclic) bond motifs is 1. The number of nitrogens with zero attached hydrogens (tertiary/aromatic N) is 3. The molecule has 2 heterocycles. The fourth-order valence-corrected chi connectivity index (χ4v) is 2.33. The van der Waals surface area contributed by atoms with E-state index in [1.807, 2.05) is 0 Å². The lowest BCUT2D eigenvalue weighted by Crippen LogP contribution is -2.25. The molecule has 0 unspecified atom stereocenters. The van der Waals surface area contributed by atoms with Gasteiger partial charge < -0.3 is 19.1 Å². The van der Waals surface area contributed by atoms with Crippen molar-refractivity contribution in [2.45, 2.75) is 0 Å². The predicted molar refractivity (Wildman–Crippen MR) is 84.3 cm³/mol. The first-order valence-corrected chi connectivity index (χ1v) is 6.90. The monoisotopic (exact) mass is 327 g/mol. The molecule has 0 amide bonds. The number of ether oxygens (including phenoxy) is 2. The lowest BCUT2D eigenvalue weighted by Gasteiger charge is -2.12. The molecule has 0 aliphatic heterocycles. The normalized spacial score (nSPS) is 10.6. The molecule has 0 saturated heterocycles. The number of aryl methyl sites for hydroxylation is 1. The van der Waals surface area contributed by atoms with Crippen molar-refractivity contribution in [3.63, 3.8) is 0 Å². The minimum absolute atomic E-state index is 0.328. The summed E-state index contributed by atoms with van der Waals surface area (Å²) in [6.07, 6.45) is 4.37. The van der Waals surface area contributed by atoms with Gasteiger partial charge in [-0.05, 0) is 12.1 Å². The second-order valence-electron chi connectivity index (χ2n) is 4.93. The summed E-state index contributed by atoms with van der Waals surface area (Å²) >= 11 is 0. The fourth-order valence-electron chi connectivity index (χ4n) is 2.33. The van der Waals surface area contributed by atoms with Gasteiger partial charge in [0, 0.05) is 18.5 Å². The van der Waals surface area contributed by atoms with Crippen molar-refractivity contribution in [1.29, 1.82) is 0 Å². The van der Waals surface area contributed by atoms with Crippen LogP contribution in [0.2, 0.25) is 0 Å². The number of hydrogen-bond acceptors (Lipinski definition) is 7. The highest BCUT2D eigenvalue weighted by atomic mass is 16.5. The molecule has 3 aromatic rings. The smallest absolute Gasteiger partial charge is 0.347 e. The number of methoxy groups -OCH3 is 1. The maximum atomic E-state index is 12.3. The third-order valence-corrected chi connectivity index (χ3v) is 3.50. The van der Waals surface area contributed by atoms with E-state index in [1.54, 1.807) is 18.2 Å². The summed E-state index contributed by atoms with van der Waals surface area (Å²) in [4.78, 5) is 31.7. The van der Waals surface area contributed by atoms with Crippen molar-refractivity contribution in [2.24, 2.45) is 7.05 Å². The molecule has 8 nitrogen and oxygen atoms in total. The number of esters is 1. The molecular weight excluding hydrogens is 314 g/mol. The fraction of sp³-hybridized carbons (Fsp3) is 0.125. The molecule has 1 aromatic carbocycles. The van der Waals surface area contributed by atoms with Gasteiger partial charge in [-0.15, -0.1) is 0 Å². The zero-order valence-electron chi connectivity index (χ0n) is 12.9. The number of aromatic hydroxyl groups is 1. The van der Waals surface area contributed by atoms with Crippen LogP contribution in [0, 0.1) is 0 Å². The van der Waals surface area contributed by atoms with Gasteiger partial charge in [0.05, 0.1) is 25.0 Å². The average molecular weight is 327 g/mol. The van der Waals surface area contributed by atoms with Crippen LogP contribution in [0.25, 0.3) is 10.9 Å². The van der Waals surface area contributed by atoms with E-state index in [4.69, 9.17) is 4.74 Å². The van der Waals surface area contributed by atoms with Gasteiger partial charge >= 0.3 is 5.97 Å². The highest BCUT2D eigenvalue weighted by molar-refractivity contribution is 5.99. The Balaban J connectivity index is 2.16. The molecule has 1 N–H and O–H groups in total. The molecule has 0 aliphatic rings. The Kier molecular flexibility index (Phi) is 3.87. The Morgan fingerprint density at radius 3 is 2.58 bits per heavy atom. The van der Waals surface area contributed by atoms with E-state index in [-0.39, 0.29) is 0 Å². The molecule has 122 valence electrons. The summed E-state index contributed by atoms with van der Waals surface area (Å²) in [5.41, 5.74) is -0.663. The minimum Gasteiger partial charge on any atom is -0.506 e. The van der Waals surface area contributed by atoms with Crippen LogP contribution in [0.15, 0.2) is 41.7 Å². The van der Waals surface area contributed by atoms with Crippen LogP contribution >= 0.6 is 0 Å². The maximum Gasteiger partial charge on any atom is 0.347 e. The molecule has 24 heavy (non-hydrogen) atoms.